The van der Waals surface area contributed by atoms with E-state index in [4.69, 9.17) is 16.6 Å². The van der Waals surface area contributed by atoms with E-state index < -0.39 is 0 Å². The van der Waals surface area contributed by atoms with Crippen molar-refractivity contribution in [3.8, 4) is 11.5 Å². The highest BCUT2D eigenvalue weighted by Gasteiger charge is 2.27. The summed E-state index contributed by atoms with van der Waals surface area (Å²) in [6.45, 7) is 0. The lowest BCUT2D eigenvalue weighted by atomic mass is 10.1. The largest absolute Gasteiger partial charge is 0.325 e. The lowest BCUT2D eigenvalue weighted by Gasteiger charge is -2.10. The molecule has 5 heteroatoms. The van der Waals surface area contributed by atoms with Crippen molar-refractivity contribution < 1.29 is 0 Å². The Morgan fingerprint density at radius 1 is 1.10 bits per heavy atom. The van der Waals surface area contributed by atoms with Crippen LogP contribution in [0.3, 0.4) is 0 Å². The van der Waals surface area contributed by atoms with Gasteiger partial charge in [0.2, 0.25) is 0 Å². The molecule has 20 heavy (non-hydrogen) atoms. The third kappa shape index (κ3) is 2.12. The van der Waals surface area contributed by atoms with E-state index in [-0.39, 0.29) is 0 Å². The standard InChI is InChI=1S/C15H17ClN4/c16-14-11-4-2-1-3-5-12(11)18-15(19-14)13-8-17-9-20(13)10-6-7-10/h8-10H,1-7H2. The first-order valence-electron chi connectivity index (χ1n) is 7.40. The van der Waals surface area contributed by atoms with Crippen LogP contribution in [0.2, 0.25) is 5.15 Å². The molecule has 0 N–H and O–H groups in total. The van der Waals surface area contributed by atoms with Gasteiger partial charge in [0.05, 0.1) is 12.5 Å². The minimum atomic E-state index is 0.577. The molecule has 1 fully saturated rings. The Hall–Kier alpha value is -1.42. The molecule has 0 saturated heterocycles. The smallest absolute Gasteiger partial charge is 0.179 e. The highest BCUT2D eigenvalue weighted by Crippen LogP contribution is 2.38. The molecular weight excluding hydrogens is 272 g/mol. The summed E-state index contributed by atoms with van der Waals surface area (Å²) in [5, 5.41) is 0.635. The zero-order chi connectivity index (χ0) is 13.5. The summed E-state index contributed by atoms with van der Waals surface area (Å²) in [7, 11) is 0. The zero-order valence-electron chi connectivity index (χ0n) is 11.3. The molecule has 2 aliphatic carbocycles. The van der Waals surface area contributed by atoms with Gasteiger partial charge in [-0.05, 0) is 38.5 Å². The molecule has 0 amide bonds. The molecule has 104 valence electrons. The highest BCUT2D eigenvalue weighted by molar-refractivity contribution is 6.30. The number of aryl methyl sites for hydroxylation is 1. The van der Waals surface area contributed by atoms with Gasteiger partial charge in [-0.15, -0.1) is 0 Å². The van der Waals surface area contributed by atoms with Crippen LogP contribution in [0.1, 0.15) is 49.4 Å². The Bertz CT molecular complexity index is 645. The number of rotatable bonds is 2. The lowest BCUT2D eigenvalue weighted by molar-refractivity contribution is 0.708. The number of hydrogen-bond donors (Lipinski definition) is 0. The van der Waals surface area contributed by atoms with Gasteiger partial charge >= 0.3 is 0 Å². The van der Waals surface area contributed by atoms with Crippen LogP contribution in [-0.2, 0) is 12.8 Å². The number of hydrogen-bond acceptors (Lipinski definition) is 3. The van der Waals surface area contributed by atoms with Crippen molar-refractivity contribution in [1.29, 1.82) is 0 Å². The fraction of sp³-hybridized carbons (Fsp3) is 0.533. The van der Waals surface area contributed by atoms with Crippen LogP contribution in [0.5, 0.6) is 0 Å². The van der Waals surface area contributed by atoms with Crippen molar-refractivity contribution in [1.82, 2.24) is 19.5 Å². The number of imidazole rings is 1. The maximum absolute atomic E-state index is 6.40. The summed E-state index contributed by atoms with van der Waals surface area (Å²) in [5.74, 6) is 0.736. The van der Waals surface area contributed by atoms with Crippen molar-refractivity contribution in [2.24, 2.45) is 0 Å². The molecule has 2 aliphatic rings. The van der Waals surface area contributed by atoms with Crippen molar-refractivity contribution in [3.63, 3.8) is 0 Å². The summed E-state index contributed by atoms with van der Waals surface area (Å²) < 4.78 is 2.19. The van der Waals surface area contributed by atoms with Crippen LogP contribution in [0.15, 0.2) is 12.5 Å². The quantitative estimate of drug-likeness (QED) is 0.626. The Balaban J connectivity index is 1.80. The fourth-order valence-corrected chi connectivity index (χ4v) is 3.24. The van der Waals surface area contributed by atoms with Crippen LogP contribution in [-0.4, -0.2) is 19.5 Å². The molecule has 0 spiro atoms. The van der Waals surface area contributed by atoms with E-state index in [1.807, 2.05) is 12.5 Å². The molecular formula is C15H17ClN4. The van der Waals surface area contributed by atoms with Crippen LogP contribution >= 0.6 is 11.6 Å². The van der Waals surface area contributed by atoms with E-state index in [0.717, 1.165) is 35.6 Å². The van der Waals surface area contributed by atoms with Gasteiger partial charge in [0, 0.05) is 17.3 Å². The molecule has 2 heterocycles. The van der Waals surface area contributed by atoms with Gasteiger partial charge < -0.3 is 4.57 Å². The molecule has 0 aliphatic heterocycles. The Kier molecular flexibility index (Phi) is 2.99. The number of nitrogens with zero attached hydrogens (tertiary/aromatic N) is 4. The zero-order valence-corrected chi connectivity index (χ0v) is 12.1. The Morgan fingerprint density at radius 2 is 1.95 bits per heavy atom. The van der Waals surface area contributed by atoms with Crippen LogP contribution < -0.4 is 0 Å². The first-order chi connectivity index (χ1) is 9.83. The topological polar surface area (TPSA) is 43.6 Å². The summed E-state index contributed by atoms with van der Waals surface area (Å²) in [5.41, 5.74) is 3.30. The minimum Gasteiger partial charge on any atom is -0.325 e. The Labute approximate surface area is 123 Å². The molecule has 0 atom stereocenters. The molecule has 0 unspecified atom stereocenters. The monoisotopic (exact) mass is 288 g/mol. The number of halogens is 1. The van der Waals surface area contributed by atoms with Gasteiger partial charge in [0.15, 0.2) is 5.82 Å². The van der Waals surface area contributed by atoms with E-state index in [9.17, 15) is 0 Å². The van der Waals surface area contributed by atoms with E-state index in [1.54, 1.807) is 0 Å². The predicted molar refractivity (Wildman–Crippen MR) is 77.8 cm³/mol. The third-order valence-electron chi connectivity index (χ3n) is 4.22. The highest BCUT2D eigenvalue weighted by atomic mass is 35.5. The molecule has 4 nitrogen and oxygen atoms in total. The molecule has 0 bridgehead atoms. The second kappa shape index (κ2) is 4.85. The second-order valence-corrected chi connectivity index (χ2v) is 6.10. The minimum absolute atomic E-state index is 0.577. The van der Waals surface area contributed by atoms with Crippen LogP contribution in [0, 0.1) is 0 Å². The first kappa shape index (κ1) is 12.3. The maximum atomic E-state index is 6.40. The molecule has 0 radical (unpaired) electrons. The van der Waals surface area contributed by atoms with Gasteiger partial charge in [-0.25, -0.2) is 15.0 Å². The average molecular weight is 289 g/mol. The normalized spacial score (nSPS) is 18.6. The summed E-state index contributed by atoms with van der Waals surface area (Å²) >= 11 is 6.40. The van der Waals surface area contributed by atoms with Gasteiger partial charge in [-0.1, -0.05) is 18.0 Å². The molecule has 1 saturated carbocycles. The molecule has 0 aromatic carbocycles. The number of aromatic nitrogens is 4. The molecule has 4 rings (SSSR count). The van der Waals surface area contributed by atoms with E-state index in [0.29, 0.717) is 11.2 Å². The van der Waals surface area contributed by atoms with Crippen molar-refractivity contribution in [2.75, 3.05) is 0 Å². The fourth-order valence-electron chi connectivity index (χ4n) is 2.96. The third-order valence-corrected chi connectivity index (χ3v) is 4.53. The second-order valence-electron chi connectivity index (χ2n) is 5.74. The van der Waals surface area contributed by atoms with Crippen molar-refractivity contribution in [3.05, 3.63) is 28.9 Å². The first-order valence-corrected chi connectivity index (χ1v) is 7.78. The lowest BCUT2D eigenvalue weighted by Crippen LogP contribution is -2.05. The van der Waals surface area contributed by atoms with Crippen molar-refractivity contribution >= 4 is 11.6 Å². The van der Waals surface area contributed by atoms with E-state index in [1.165, 1.54) is 32.1 Å². The average Bonchev–Trinajstić information content (AvgIpc) is 3.22. The predicted octanol–water partition coefficient (Wildman–Crippen LogP) is 3.60. The Morgan fingerprint density at radius 3 is 2.80 bits per heavy atom. The number of fused-ring (bicyclic) bond motifs is 1. The van der Waals surface area contributed by atoms with Gasteiger partial charge in [-0.2, -0.15) is 0 Å². The van der Waals surface area contributed by atoms with Crippen molar-refractivity contribution in [2.45, 2.75) is 51.0 Å². The maximum Gasteiger partial charge on any atom is 0.179 e. The summed E-state index contributed by atoms with van der Waals surface area (Å²) in [6.07, 6.45) is 11.9. The summed E-state index contributed by atoms with van der Waals surface area (Å²) in [6, 6.07) is 0.577. The van der Waals surface area contributed by atoms with Gasteiger partial charge in [0.25, 0.3) is 0 Å². The van der Waals surface area contributed by atoms with Crippen LogP contribution in [0.4, 0.5) is 0 Å². The summed E-state index contributed by atoms with van der Waals surface area (Å²) in [4.78, 5) is 13.6. The van der Waals surface area contributed by atoms with E-state index >= 15 is 0 Å². The van der Waals surface area contributed by atoms with Gasteiger partial charge in [-0.3, -0.25) is 0 Å². The molecule has 2 aromatic heterocycles. The van der Waals surface area contributed by atoms with E-state index in [2.05, 4.69) is 14.5 Å². The molecule has 2 aromatic rings. The van der Waals surface area contributed by atoms with Gasteiger partial charge in [0.1, 0.15) is 10.8 Å². The van der Waals surface area contributed by atoms with Crippen LogP contribution in [0.25, 0.3) is 11.5 Å². The SMILES string of the molecule is Clc1nc(-c2cncn2C2CC2)nc2c1CCCCC2.